The molecular weight excluding hydrogens is 232 g/mol. The number of nitrogens with zero attached hydrogens (tertiary/aromatic N) is 1. The molecule has 0 spiro atoms. The van der Waals surface area contributed by atoms with Crippen LogP contribution in [0.15, 0.2) is 4.99 Å². The van der Waals surface area contributed by atoms with Crippen LogP contribution in [0, 0.1) is 0 Å². The fourth-order valence-corrected chi connectivity index (χ4v) is 0.981. The first-order valence-electron chi connectivity index (χ1n) is 4.66. The van der Waals surface area contributed by atoms with Crippen molar-refractivity contribution in [3.63, 3.8) is 0 Å². The third-order valence-corrected chi connectivity index (χ3v) is 1.74. The summed E-state index contributed by atoms with van der Waals surface area (Å²) in [5, 5.41) is 18.9. The van der Waals surface area contributed by atoms with E-state index in [4.69, 9.17) is 21.7 Å². The Morgan fingerprint density at radius 2 is 1.82 bits per heavy atom. The van der Waals surface area contributed by atoms with Crippen molar-refractivity contribution < 1.29 is 24.6 Å². The average Bonchev–Trinajstić information content (AvgIpc) is 2.21. The quantitative estimate of drug-likeness (QED) is 0.152. The van der Waals surface area contributed by atoms with E-state index < -0.39 is 23.9 Å². The molecule has 0 rings (SSSR count). The van der Waals surface area contributed by atoms with Crippen LogP contribution < -0.4 is 16.8 Å². The molecule has 0 heterocycles. The van der Waals surface area contributed by atoms with Crippen LogP contribution in [-0.2, 0) is 14.4 Å². The van der Waals surface area contributed by atoms with Gasteiger partial charge in [-0.2, -0.15) is 0 Å². The van der Waals surface area contributed by atoms with Crippen molar-refractivity contribution in [3.05, 3.63) is 0 Å². The summed E-state index contributed by atoms with van der Waals surface area (Å²) in [6.45, 7) is 0.203. The minimum absolute atomic E-state index is 0.0329. The van der Waals surface area contributed by atoms with E-state index in [2.05, 4.69) is 4.99 Å². The van der Waals surface area contributed by atoms with Gasteiger partial charge in [0.05, 0.1) is 0 Å². The number of aliphatic carboxylic acids is 2. The molecule has 7 N–H and O–H groups in total. The van der Waals surface area contributed by atoms with E-state index in [9.17, 15) is 14.4 Å². The monoisotopic (exact) mass is 246 g/mol. The zero-order valence-electron chi connectivity index (χ0n) is 8.92. The Balaban J connectivity index is 4.17. The highest BCUT2D eigenvalue weighted by atomic mass is 16.4. The van der Waals surface area contributed by atoms with Gasteiger partial charge in [0, 0.05) is 6.54 Å². The molecule has 0 aliphatic heterocycles. The fourth-order valence-electron chi connectivity index (χ4n) is 0.981. The van der Waals surface area contributed by atoms with Gasteiger partial charge >= 0.3 is 17.8 Å². The Hall–Kier alpha value is -2.32. The Kier molecular flexibility index (Phi) is 6.08. The van der Waals surface area contributed by atoms with Crippen LogP contribution in [0.5, 0.6) is 0 Å². The third kappa shape index (κ3) is 6.71. The highest BCUT2D eigenvalue weighted by Gasteiger charge is 2.22. The largest absolute Gasteiger partial charge is 0.480 e. The van der Waals surface area contributed by atoms with Crippen LogP contribution in [0.4, 0.5) is 0 Å². The van der Waals surface area contributed by atoms with E-state index in [0.717, 1.165) is 0 Å². The minimum Gasteiger partial charge on any atom is -0.480 e. The maximum atomic E-state index is 10.8. The second-order valence-corrected chi connectivity index (χ2v) is 3.12. The molecule has 0 aromatic carbocycles. The maximum Gasteiger partial charge on any atom is 0.394 e. The number of hydrogen-bond acceptors (Lipinski definition) is 4. The first kappa shape index (κ1) is 14.7. The van der Waals surface area contributed by atoms with Gasteiger partial charge in [0.15, 0.2) is 5.96 Å². The standard InChI is InChI=1S/C8H14N4O5/c9-8(10)11-3-1-2-4(6(14)15)12-5(13)7(16)17/h4H,1-3H2,(H,12,13)(H,14,15)(H,16,17)(H4,9,10,11). The lowest BCUT2D eigenvalue weighted by Gasteiger charge is -2.11. The number of carboxylic acids is 2. The molecule has 96 valence electrons. The number of carbonyl (C=O) groups is 3. The number of nitrogens with one attached hydrogen (secondary N) is 1. The average molecular weight is 246 g/mol. The van der Waals surface area contributed by atoms with E-state index in [1.165, 1.54) is 0 Å². The highest BCUT2D eigenvalue weighted by Crippen LogP contribution is 1.98. The summed E-state index contributed by atoms with van der Waals surface area (Å²) in [7, 11) is 0. The summed E-state index contributed by atoms with van der Waals surface area (Å²) in [6, 6.07) is -1.27. The number of amides is 1. The lowest BCUT2D eigenvalue weighted by molar-refractivity contribution is -0.152. The van der Waals surface area contributed by atoms with Gasteiger partial charge in [-0.25, -0.2) is 9.59 Å². The molecule has 0 fully saturated rings. The number of nitrogens with two attached hydrogens (primary N) is 2. The molecule has 17 heavy (non-hydrogen) atoms. The van der Waals surface area contributed by atoms with E-state index in [-0.39, 0.29) is 18.9 Å². The molecule has 0 aliphatic carbocycles. The molecular formula is C8H14N4O5. The van der Waals surface area contributed by atoms with Gasteiger partial charge in [0.2, 0.25) is 0 Å². The Labute approximate surface area is 96.5 Å². The molecule has 0 saturated carbocycles. The highest BCUT2D eigenvalue weighted by molar-refractivity contribution is 6.31. The van der Waals surface area contributed by atoms with E-state index in [0.29, 0.717) is 6.42 Å². The SMILES string of the molecule is NC(N)=NCCCC(NC(=O)C(=O)O)C(=O)O. The van der Waals surface area contributed by atoms with Crippen LogP contribution >= 0.6 is 0 Å². The van der Waals surface area contributed by atoms with Crippen LogP contribution in [0.2, 0.25) is 0 Å². The van der Waals surface area contributed by atoms with Crippen molar-refractivity contribution in [3.8, 4) is 0 Å². The van der Waals surface area contributed by atoms with Crippen LogP contribution in [-0.4, -0.2) is 46.6 Å². The molecule has 1 amide bonds. The number of carboxylic acid groups (broad SMARTS) is 2. The fraction of sp³-hybridized carbons (Fsp3) is 0.500. The lowest BCUT2D eigenvalue weighted by Crippen LogP contribution is -2.44. The van der Waals surface area contributed by atoms with Gasteiger partial charge in [-0.15, -0.1) is 0 Å². The number of hydrogen-bond donors (Lipinski definition) is 5. The topological polar surface area (TPSA) is 168 Å². The van der Waals surface area contributed by atoms with Crippen molar-refractivity contribution in [2.45, 2.75) is 18.9 Å². The van der Waals surface area contributed by atoms with Gasteiger partial charge in [0.25, 0.3) is 0 Å². The third-order valence-electron chi connectivity index (χ3n) is 1.74. The van der Waals surface area contributed by atoms with Gasteiger partial charge in [-0.1, -0.05) is 0 Å². The number of aliphatic imine (C=N–C) groups is 1. The van der Waals surface area contributed by atoms with Crippen LogP contribution in [0.25, 0.3) is 0 Å². The summed E-state index contributed by atoms with van der Waals surface area (Å²) in [6.07, 6.45) is 0.333. The van der Waals surface area contributed by atoms with Crippen molar-refractivity contribution in [2.24, 2.45) is 16.5 Å². The van der Waals surface area contributed by atoms with E-state index >= 15 is 0 Å². The zero-order chi connectivity index (χ0) is 13.4. The number of guanidine groups is 1. The molecule has 0 bridgehead atoms. The van der Waals surface area contributed by atoms with Crippen LogP contribution in [0.3, 0.4) is 0 Å². The van der Waals surface area contributed by atoms with Gasteiger partial charge in [0.1, 0.15) is 6.04 Å². The zero-order valence-corrected chi connectivity index (χ0v) is 8.92. The molecule has 1 atom stereocenters. The second-order valence-electron chi connectivity index (χ2n) is 3.12. The van der Waals surface area contributed by atoms with E-state index in [1.807, 2.05) is 5.32 Å². The van der Waals surface area contributed by atoms with Gasteiger partial charge in [-0.3, -0.25) is 9.79 Å². The first-order valence-corrected chi connectivity index (χ1v) is 4.66. The van der Waals surface area contributed by atoms with E-state index in [1.54, 1.807) is 0 Å². The molecule has 9 heteroatoms. The smallest absolute Gasteiger partial charge is 0.394 e. The minimum atomic E-state index is -1.74. The second kappa shape index (κ2) is 7.04. The maximum absolute atomic E-state index is 10.8. The van der Waals surface area contributed by atoms with Crippen LogP contribution in [0.1, 0.15) is 12.8 Å². The lowest BCUT2D eigenvalue weighted by atomic mass is 10.1. The molecule has 0 aromatic rings. The normalized spacial score (nSPS) is 11.3. The molecule has 1 unspecified atom stereocenters. The molecule has 0 aliphatic rings. The summed E-state index contributed by atoms with van der Waals surface area (Å²) in [4.78, 5) is 35.3. The summed E-state index contributed by atoms with van der Waals surface area (Å²) in [5.74, 6) is -4.53. The molecule has 9 nitrogen and oxygen atoms in total. The number of carbonyl (C=O) groups excluding carboxylic acids is 1. The molecule has 0 saturated heterocycles. The molecule has 0 radical (unpaired) electrons. The first-order chi connectivity index (χ1) is 7.84. The Bertz CT molecular complexity index is 337. The van der Waals surface area contributed by atoms with Crippen molar-refractivity contribution in [2.75, 3.05) is 6.54 Å². The summed E-state index contributed by atoms with van der Waals surface area (Å²) < 4.78 is 0. The van der Waals surface area contributed by atoms with Crippen molar-refractivity contribution in [1.29, 1.82) is 0 Å². The summed E-state index contributed by atoms with van der Waals surface area (Å²) in [5.41, 5.74) is 10.1. The van der Waals surface area contributed by atoms with Gasteiger partial charge < -0.3 is 27.0 Å². The predicted octanol–water partition coefficient (Wildman–Crippen LogP) is -2.31. The van der Waals surface area contributed by atoms with Crippen molar-refractivity contribution >= 4 is 23.8 Å². The number of rotatable bonds is 6. The summed E-state index contributed by atoms with van der Waals surface area (Å²) >= 11 is 0. The van der Waals surface area contributed by atoms with Gasteiger partial charge in [-0.05, 0) is 12.8 Å². The predicted molar refractivity (Wildman–Crippen MR) is 57.1 cm³/mol. The Morgan fingerprint density at radius 3 is 2.24 bits per heavy atom. The Morgan fingerprint density at radius 1 is 1.24 bits per heavy atom. The molecule has 0 aromatic heterocycles. The van der Waals surface area contributed by atoms with Crippen molar-refractivity contribution in [1.82, 2.24) is 5.32 Å².